The molecular weight excluding hydrogens is 321 g/mol. The average molecular weight is 339 g/mol. The molecule has 7 heteroatoms. The second-order valence-electron chi connectivity index (χ2n) is 6.22. The minimum Gasteiger partial charge on any atom is -0.329 e. The number of aromatic nitrogens is 3. The molecule has 4 rings (SSSR count). The summed E-state index contributed by atoms with van der Waals surface area (Å²) in [6.07, 6.45) is 1.55. The summed E-state index contributed by atoms with van der Waals surface area (Å²) in [7, 11) is 0. The molecule has 1 aliphatic rings. The van der Waals surface area contributed by atoms with E-state index in [4.69, 9.17) is 0 Å². The van der Waals surface area contributed by atoms with Gasteiger partial charge < -0.3 is 10.2 Å². The van der Waals surface area contributed by atoms with Crippen molar-refractivity contribution < 1.29 is 9.18 Å². The number of halogens is 1. The van der Waals surface area contributed by atoms with E-state index in [1.165, 1.54) is 12.1 Å². The number of pyridine rings is 1. The number of fused-ring (bicyclic) bond motifs is 1. The maximum Gasteiger partial charge on any atom is 0.256 e. The molecule has 1 amide bonds. The SMILES string of the molecule is Cc1[nH]nc2ncc(C(=O)N3CCNCC3c3cccc(F)c3)cc12. The molecule has 25 heavy (non-hydrogen) atoms. The first-order valence-electron chi connectivity index (χ1n) is 8.21. The van der Waals surface area contributed by atoms with E-state index in [-0.39, 0.29) is 17.8 Å². The van der Waals surface area contributed by atoms with Crippen LogP contribution in [0.5, 0.6) is 0 Å². The van der Waals surface area contributed by atoms with E-state index in [2.05, 4.69) is 20.5 Å². The standard InChI is InChI=1S/C18H18FN5O/c1-11-15-8-13(9-21-17(15)23-22-11)18(25)24-6-5-20-10-16(24)12-3-2-4-14(19)7-12/h2-4,7-9,16,20H,5-6,10H2,1H3,(H,21,22,23). The van der Waals surface area contributed by atoms with E-state index in [1.807, 2.05) is 19.1 Å². The monoisotopic (exact) mass is 339 g/mol. The van der Waals surface area contributed by atoms with Crippen LogP contribution in [-0.4, -0.2) is 45.6 Å². The first kappa shape index (κ1) is 15.7. The highest BCUT2D eigenvalue weighted by molar-refractivity contribution is 5.97. The number of nitrogens with one attached hydrogen (secondary N) is 2. The van der Waals surface area contributed by atoms with E-state index in [0.29, 0.717) is 30.8 Å². The molecule has 1 unspecified atom stereocenters. The lowest BCUT2D eigenvalue weighted by Crippen LogP contribution is -2.48. The lowest BCUT2D eigenvalue weighted by molar-refractivity contribution is 0.0633. The molecule has 3 heterocycles. The Hall–Kier alpha value is -2.80. The van der Waals surface area contributed by atoms with E-state index in [9.17, 15) is 9.18 Å². The molecule has 0 radical (unpaired) electrons. The summed E-state index contributed by atoms with van der Waals surface area (Å²) in [6.45, 7) is 3.75. The number of rotatable bonds is 2. The predicted molar refractivity (Wildman–Crippen MR) is 91.7 cm³/mol. The van der Waals surface area contributed by atoms with Gasteiger partial charge in [0.05, 0.1) is 11.6 Å². The predicted octanol–water partition coefficient (Wildman–Crippen LogP) is 2.19. The maximum atomic E-state index is 13.6. The smallest absolute Gasteiger partial charge is 0.256 e. The number of hydrogen-bond donors (Lipinski definition) is 2. The number of carbonyl (C=O) groups is 1. The van der Waals surface area contributed by atoms with Crippen molar-refractivity contribution in [2.24, 2.45) is 0 Å². The van der Waals surface area contributed by atoms with Crippen LogP contribution in [0.15, 0.2) is 36.5 Å². The van der Waals surface area contributed by atoms with Crippen molar-refractivity contribution in [2.75, 3.05) is 19.6 Å². The number of piperazine rings is 1. The molecule has 1 aliphatic heterocycles. The fraction of sp³-hybridized carbons (Fsp3) is 0.278. The molecule has 1 saturated heterocycles. The number of H-pyrrole nitrogens is 1. The van der Waals surface area contributed by atoms with Crippen LogP contribution in [0.4, 0.5) is 4.39 Å². The molecule has 3 aromatic rings. The van der Waals surface area contributed by atoms with Crippen LogP contribution in [0, 0.1) is 12.7 Å². The first-order chi connectivity index (χ1) is 12.1. The zero-order valence-corrected chi connectivity index (χ0v) is 13.8. The van der Waals surface area contributed by atoms with E-state index in [1.54, 1.807) is 17.2 Å². The number of aryl methyl sites for hydroxylation is 1. The minimum absolute atomic E-state index is 0.106. The summed E-state index contributed by atoms with van der Waals surface area (Å²) in [5.41, 5.74) is 2.77. The largest absolute Gasteiger partial charge is 0.329 e. The first-order valence-corrected chi connectivity index (χ1v) is 8.21. The van der Waals surface area contributed by atoms with Gasteiger partial charge in [-0.3, -0.25) is 9.89 Å². The van der Waals surface area contributed by atoms with Gasteiger partial charge in [-0.2, -0.15) is 5.10 Å². The lowest BCUT2D eigenvalue weighted by Gasteiger charge is -2.36. The molecule has 0 saturated carbocycles. The van der Waals surface area contributed by atoms with Gasteiger partial charge in [-0.1, -0.05) is 12.1 Å². The zero-order valence-electron chi connectivity index (χ0n) is 13.8. The Morgan fingerprint density at radius 3 is 3.08 bits per heavy atom. The Morgan fingerprint density at radius 1 is 1.36 bits per heavy atom. The van der Waals surface area contributed by atoms with Crippen LogP contribution in [-0.2, 0) is 0 Å². The Bertz CT molecular complexity index is 938. The highest BCUT2D eigenvalue weighted by atomic mass is 19.1. The number of amides is 1. The van der Waals surface area contributed by atoms with Crippen molar-refractivity contribution >= 4 is 16.9 Å². The van der Waals surface area contributed by atoms with E-state index in [0.717, 1.165) is 16.6 Å². The molecule has 1 aromatic carbocycles. The van der Waals surface area contributed by atoms with Crippen molar-refractivity contribution in [2.45, 2.75) is 13.0 Å². The minimum atomic E-state index is -0.299. The van der Waals surface area contributed by atoms with E-state index < -0.39 is 0 Å². The third-order valence-corrected chi connectivity index (χ3v) is 4.58. The van der Waals surface area contributed by atoms with Gasteiger partial charge in [0.2, 0.25) is 0 Å². The van der Waals surface area contributed by atoms with Crippen molar-refractivity contribution in [1.82, 2.24) is 25.4 Å². The Balaban J connectivity index is 1.69. The van der Waals surface area contributed by atoms with Gasteiger partial charge in [0, 0.05) is 36.9 Å². The normalized spacial score (nSPS) is 17.8. The maximum absolute atomic E-state index is 13.6. The molecule has 1 atom stereocenters. The summed E-state index contributed by atoms with van der Waals surface area (Å²) < 4.78 is 13.6. The highest BCUT2D eigenvalue weighted by Crippen LogP contribution is 2.25. The summed E-state index contributed by atoms with van der Waals surface area (Å²) in [5.74, 6) is -0.404. The quantitative estimate of drug-likeness (QED) is 0.751. The summed E-state index contributed by atoms with van der Waals surface area (Å²) in [5, 5.41) is 11.1. The number of nitrogens with zero attached hydrogens (tertiary/aromatic N) is 3. The third kappa shape index (κ3) is 2.87. The second kappa shape index (κ2) is 6.25. The molecule has 2 aromatic heterocycles. The van der Waals surface area contributed by atoms with Gasteiger partial charge >= 0.3 is 0 Å². The van der Waals surface area contributed by atoms with Crippen LogP contribution >= 0.6 is 0 Å². The Kier molecular flexibility index (Phi) is 3.93. The molecule has 1 fully saturated rings. The molecule has 6 nitrogen and oxygen atoms in total. The molecular formula is C18H18FN5O. The van der Waals surface area contributed by atoms with Crippen molar-refractivity contribution in [3.05, 3.63) is 59.2 Å². The van der Waals surface area contributed by atoms with Gasteiger partial charge in [0.15, 0.2) is 5.65 Å². The van der Waals surface area contributed by atoms with Gasteiger partial charge in [-0.25, -0.2) is 9.37 Å². The van der Waals surface area contributed by atoms with Crippen LogP contribution in [0.1, 0.15) is 27.7 Å². The highest BCUT2D eigenvalue weighted by Gasteiger charge is 2.29. The summed E-state index contributed by atoms with van der Waals surface area (Å²) in [6, 6.07) is 8.02. The Morgan fingerprint density at radius 2 is 2.24 bits per heavy atom. The van der Waals surface area contributed by atoms with Crippen LogP contribution < -0.4 is 5.32 Å². The van der Waals surface area contributed by atoms with Crippen molar-refractivity contribution in [1.29, 1.82) is 0 Å². The molecule has 0 spiro atoms. The Labute approximate surface area is 144 Å². The van der Waals surface area contributed by atoms with Gasteiger partial charge in [-0.05, 0) is 30.7 Å². The van der Waals surface area contributed by atoms with Crippen LogP contribution in [0.3, 0.4) is 0 Å². The van der Waals surface area contributed by atoms with Gasteiger partial charge in [0.1, 0.15) is 5.82 Å². The number of aromatic amines is 1. The molecule has 0 bridgehead atoms. The van der Waals surface area contributed by atoms with Gasteiger partial charge in [0.25, 0.3) is 5.91 Å². The second-order valence-corrected chi connectivity index (χ2v) is 6.22. The summed E-state index contributed by atoms with van der Waals surface area (Å²) in [4.78, 5) is 19.1. The summed E-state index contributed by atoms with van der Waals surface area (Å²) >= 11 is 0. The third-order valence-electron chi connectivity index (χ3n) is 4.58. The van der Waals surface area contributed by atoms with Crippen LogP contribution in [0.25, 0.3) is 11.0 Å². The van der Waals surface area contributed by atoms with Crippen molar-refractivity contribution in [3.63, 3.8) is 0 Å². The average Bonchev–Trinajstić information content (AvgIpc) is 3.01. The molecule has 0 aliphatic carbocycles. The molecule has 2 N–H and O–H groups in total. The van der Waals surface area contributed by atoms with Crippen molar-refractivity contribution in [3.8, 4) is 0 Å². The van der Waals surface area contributed by atoms with E-state index >= 15 is 0 Å². The van der Waals surface area contributed by atoms with Gasteiger partial charge in [-0.15, -0.1) is 0 Å². The topological polar surface area (TPSA) is 73.9 Å². The fourth-order valence-corrected chi connectivity index (χ4v) is 3.26. The fourth-order valence-electron chi connectivity index (χ4n) is 3.26. The number of carbonyl (C=O) groups excluding carboxylic acids is 1. The lowest BCUT2D eigenvalue weighted by atomic mass is 10.0. The van der Waals surface area contributed by atoms with Crippen LogP contribution in [0.2, 0.25) is 0 Å². The molecule has 128 valence electrons. The zero-order chi connectivity index (χ0) is 17.4. The number of hydrogen-bond acceptors (Lipinski definition) is 4. The number of benzene rings is 1.